The maximum Gasteiger partial charge on any atom is 0.261 e. The van der Waals surface area contributed by atoms with Gasteiger partial charge < -0.3 is 14.2 Å². The first kappa shape index (κ1) is 16.3. The number of nitrogens with one attached hydrogen (secondary N) is 1. The summed E-state index contributed by atoms with van der Waals surface area (Å²) in [4.78, 5) is 16.8. The Labute approximate surface area is 152 Å². The SMILES string of the molecule is COc1ccc(F)cc1C(=O)Nc1nc(-c2ccc3c(c2)OCO3)cs1. The number of aromatic nitrogens is 1. The van der Waals surface area contributed by atoms with E-state index < -0.39 is 11.7 Å². The molecule has 4 rings (SSSR count). The zero-order valence-electron chi connectivity index (χ0n) is 13.6. The van der Waals surface area contributed by atoms with Gasteiger partial charge in [-0.05, 0) is 36.4 Å². The first-order valence-corrected chi connectivity index (χ1v) is 8.52. The number of rotatable bonds is 4. The summed E-state index contributed by atoms with van der Waals surface area (Å²) in [6.45, 7) is 0.201. The summed E-state index contributed by atoms with van der Waals surface area (Å²) in [7, 11) is 1.42. The van der Waals surface area contributed by atoms with Crippen molar-refractivity contribution in [1.29, 1.82) is 0 Å². The summed E-state index contributed by atoms with van der Waals surface area (Å²) in [5.41, 5.74) is 1.64. The van der Waals surface area contributed by atoms with Crippen LogP contribution < -0.4 is 19.5 Å². The molecule has 1 aliphatic rings. The molecule has 8 heteroatoms. The molecule has 0 saturated carbocycles. The maximum absolute atomic E-state index is 13.4. The smallest absolute Gasteiger partial charge is 0.261 e. The molecule has 0 radical (unpaired) electrons. The highest BCUT2D eigenvalue weighted by Gasteiger charge is 2.17. The number of fused-ring (bicyclic) bond motifs is 1. The van der Waals surface area contributed by atoms with Crippen molar-refractivity contribution in [2.45, 2.75) is 0 Å². The Morgan fingerprint density at radius 3 is 2.92 bits per heavy atom. The van der Waals surface area contributed by atoms with E-state index in [9.17, 15) is 9.18 Å². The Bertz CT molecular complexity index is 989. The number of hydrogen-bond acceptors (Lipinski definition) is 6. The van der Waals surface area contributed by atoms with E-state index in [2.05, 4.69) is 10.3 Å². The van der Waals surface area contributed by atoms with Crippen LogP contribution in [-0.2, 0) is 0 Å². The summed E-state index contributed by atoms with van der Waals surface area (Å²) in [5.74, 6) is 0.627. The van der Waals surface area contributed by atoms with Crippen molar-refractivity contribution in [2.24, 2.45) is 0 Å². The highest BCUT2D eigenvalue weighted by atomic mass is 32.1. The maximum atomic E-state index is 13.4. The lowest BCUT2D eigenvalue weighted by Gasteiger charge is -2.07. The summed E-state index contributed by atoms with van der Waals surface area (Å²) in [6.07, 6.45) is 0. The molecule has 3 aromatic rings. The molecular formula is C18H13FN2O4S. The number of anilines is 1. The van der Waals surface area contributed by atoms with Gasteiger partial charge in [0.1, 0.15) is 11.6 Å². The number of carbonyl (C=O) groups excluding carboxylic acids is 1. The second kappa shape index (κ2) is 6.64. The van der Waals surface area contributed by atoms with Gasteiger partial charge in [0, 0.05) is 10.9 Å². The second-order valence-corrected chi connectivity index (χ2v) is 6.26. The molecule has 0 fully saturated rings. The lowest BCUT2D eigenvalue weighted by atomic mass is 10.1. The van der Waals surface area contributed by atoms with Gasteiger partial charge >= 0.3 is 0 Å². The van der Waals surface area contributed by atoms with Gasteiger partial charge in [-0.3, -0.25) is 10.1 Å². The molecule has 0 aliphatic carbocycles. The lowest BCUT2D eigenvalue weighted by molar-refractivity contribution is 0.102. The molecule has 0 unspecified atom stereocenters. The number of methoxy groups -OCH3 is 1. The molecule has 132 valence electrons. The predicted molar refractivity (Wildman–Crippen MR) is 94.6 cm³/mol. The van der Waals surface area contributed by atoms with Crippen molar-refractivity contribution in [3.63, 3.8) is 0 Å². The third-order valence-electron chi connectivity index (χ3n) is 3.80. The number of benzene rings is 2. The Morgan fingerprint density at radius 1 is 1.23 bits per heavy atom. The van der Waals surface area contributed by atoms with Crippen LogP contribution in [0.2, 0.25) is 0 Å². The van der Waals surface area contributed by atoms with Gasteiger partial charge in [0.15, 0.2) is 16.6 Å². The van der Waals surface area contributed by atoms with Gasteiger partial charge in [-0.15, -0.1) is 11.3 Å². The van der Waals surface area contributed by atoms with Crippen LogP contribution in [0.5, 0.6) is 17.2 Å². The van der Waals surface area contributed by atoms with Crippen LogP contribution in [0, 0.1) is 5.82 Å². The summed E-state index contributed by atoms with van der Waals surface area (Å²) >= 11 is 1.27. The molecule has 1 aliphatic heterocycles. The average Bonchev–Trinajstić information content (AvgIpc) is 3.30. The standard InChI is InChI=1S/C18H13FN2O4S/c1-23-14-5-3-11(19)7-12(14)17(22)21-18-20-13(8-26-18)10-2-4-15-16(6-10)25-9-24-15/h2-8H,9H2,1H3,(H,20,21,22). The van der Waals surface area contributed by atoms with Crippen molar-refractivity contribution in [3.05, 3.63) is 53.2 Å². The van der Waals surface area contributed by atoms with Gasteiger partial charge in [-0.25, -0.2) is 9.37 Å². The van der Waals surface area contributed by atoms with Crippen molar-refractivity contribution in [2.75, 3.05) is 19.2 Å². The first-order valence-electron chi connectivity index (χ1n) is 7.64. The van der Waals surface area contributed by atoms with Gasteiger partial charge in [-0.2, -0.15) is 0 Å². The van der Waals surface area contributed by atoms with Crippen LogP contribution >= 0.6 is 11.3 Å². The highest BCUT2D eigenvalue weighted by molar-refractivity contribution is 7.14. The zero-order valence-corrected chi connectivity index (χ0v) is 14.4. The van der Waals surface area contributed by atoms with Gasteiger partial charge in [0.25, 0.3) is 5.91 Å². The van der Waals surface area contributed by atoms with Gasteiger partial charge in [0.2, 0.25) is 6.79 Å². The van der Waals surface area contributed by atoms with Crippen LogP contribution in [0.1, 0.15) is 10.4 Å². The van der Waals surface area contributed by atoms with E-state index in [4.69, 9.17) is 14.2 Å². The van der Waals surface area contributed by atoms with E-state index in [1.54, 1.807) is 0 Å². The highest BCUT2D eigenvalue weighted by Crippen LogP contribution is 2.36. The second-order valence-electron chi connectivity index (χ2n) is 5.40. The fraction of sp³-hybridized carbons (Fsp3) is 0.111. The Morgan fingerprint density at radius 2 is 2.08 bits per heavy atom. The van der Waals surface area contributed by atoms with E-state index in [0.717, 1.165) is 11.6 Å². The van der Waals surface area contributed by atoms with E-state index in [1.165, 1.54) is 30.6 Å². The number of nitrogens with zero attached hydrogens (tertiary/aromatic N) is 1. The normalized spacial score (nSPS) is 12.1. The van der Waals surface area contributed by atoms with Gasteiger partial charge in [-0.1, -0.05) is 0 Å². The fourth-order valence-corrected chi connectivity index (χ4v) is 3.26. The monoisotopic (exact) mass is 372 g/mol. The van der Waals surface area contributed by atoms with E-state index >= 15 is 0 Å². The fourth-order valence-electron chi connectivity index (χ4n) is 2.54. The number of hydrogen-bond donors (Lipinski definition) is 1. The van der Waals surface area contributed by atoms with Crippen LogP contribution in [0.4, 0.5) is 9.52 Å². The first-order chi connectivity index (χ1) is 12.6. The van der Waals surface area contributed by atoms with Crippen LogP contribution in [0.3, 0.4) is 0 Å². The molecule has 0 bridgehead atoms. The molecular weight excluding hydrogens is 359 g/mol. The summed E-state index contributed by atoms with van der Waals surface area (Å²) < 4.78 is 29.2. The van der Waals surface area contributed by atoms with Crippen LogP contribution in [0.25, 0.3) is 11.3 Å². The molecule has 1 N–H and O–H groups in total. The van der Waals surface area contributed by atoms with E-state index in [-0.39, 0.29) is 18.1 Å². The van der Waals surface area contributed by atoms with Crippen LogP contribution in [-0.4, -0.2) is 24.8 Å². The van der Waals surface area contributed by atoms with E-state index in [1.807, 2.05) is 23.6 Å². The van der Waals surface area contributed by atoms with E-state index in [0.29, 0.717) is 22.3 Å². The molecule has 2 heterocycles. The van der Waals surface area contributed by atoms with Crippen LogP contribution in [0.15, 0.2) is 41.8 Å². The number of halogens is 1. The molecule has 0 spiro atoms. The summed E-state index contributed by atoms with van der Waals surface area (Å²) in [6, 6.07) is 9.27. The third kappa shape index (κ3) is 3.06. The molecule has 26 heavy (non-hydrogen) atoms. The summed E-state index contributed by atoms with van der Waals surface area (Å²) in [5, 5.41) is 4.88. The minimum absolute atomic E-state index is 0.104. The molecule has 0 saturated heterocycles. The van der Waals surface area contributed by atoms with Gasteiger partial charge in [0.05, 0.1) is 18.4 Å². The molecule has 6 nitrogen and oxygen atoms in total. The number of thiazole rings is 1. The molecule has 1 aromatic heterocycles. The van der Waals surface area contributed by atoms with Crippen molar-refractivity contribution in [1.82, 2.24) is 4.98 Å². The topological polar surface area (TPSA) is 69.7 Å². The Hall–Kier alpha value is -3.13. The van der Waals surface area contributed by atoms with Crippen molar-refractivity contribution < 1.29 is 23.4 Å². The number of amides is 1. The largest absolute Gasteiger partial charge is 0.496 e. The Balaban J connectivity index is 1.55. The third-order valence-corrected chi connectivity index (χ3v) is 4.56. The minimum Gasteiger partial charge on any atom is -0.496 e. The quantitative estimate of drug-likeness (QED) is 0.751. The minimum atomic E-state index is -0.517. The molecule has 2 aromatic carbocycles. The van der Waals surface area contributed by atoms with Crippen molar-refractivity contribution >= 4 is 22.4 Å². The predicted octanol–water partition coefficient (Wildman–Crippen LogP) is 3.94. The zero-order chi connectivity index (χ0) is 18.1. The molecule has 1 amide bonds. The number of carbonyl (C=O) groups is 1. The Kier molecular flexibility index (Phi) is 4.18. The average molecular weight is 372 g/mol. The lowest BCUT2D eigenvalue weighted by Crippen LogP contribution is -2.13. The van der Waals surface area contributed by atoms with Crippen molar-refractivity contribution in [3.8, 4) is 28.5 Å². The number of ether oxygens (including phenoxy) is 3. The molecule has 0 atom stereocenters.